The topological polar surface area (TPSA) is 72.2 Å². The van der Waals surface area contributed by atoms with Crippen LogP contribution in [0.1, 0.15) is 22.8 Å². The number of nitrogen functional groups attached to an aromatic ring is 1. The molecule has 0 aliphatic heterocycles. The summed E-state index contributed by atoms with van der Waals surface area (Å²) in [5, 5.41) is 2.76. The maximum Gasteiger partial charge on any atom is 0.255 e. The molecule has 106 valence electrons. The lowest BCUT2D eigenvalue weighted by atomic mass is 10.1. The summed E-state index contributed by atoms with van der Waals surface area (Å²) in [5.74, 6) is -0.244. The van der Waals surface area contributed by atoms with Crippen molar-refractivity contribution in [1.82, 2.24) is 0 Å². The molecule has 2 rings (SSSR count). The normalized spacial score (nSPS) is 10.5. The quantitative estimate of drug-likeness (QED) is 0.667. The monoisotopic (exact) mass is 280 g/mol. The van der Waals surface area contributed by atoms with E-state index < -0.39 is 0 Å². The Morgan fingerprint density at radius 1 is 1.05 bits per heavy atom. The first kappa shape index (κ1) is 14.5. The van der Waals surface area contributed by atoms with Gasteiger partial charge in [-0.2, -0.15) is 0 Å². The Morgan fingerprint density at radius 2 is 1.71 bits per heavy atom. The SMILES string of the molecule is CC(=O)C=Cc1ccc(C(=O)Nc2ccccc2N)cc1. The minimum atomic E-state index is -0.227. The molecule has 21 heavy (non-hydrogen) atoms. The molecular weight excluding hydrogens is 264 g/mol. The van der Waals surface area contributed by atoms with Gasteiger partial charge >= 0.3 is 0 Å². The van der Waals surface area contributed by atoms with E-state index in [9.17, 15) is 9.59 Å². The molecule has 0 bridgehead atoms. The lowest BCUT2D eigenvalue weighted by molar-refractivity contribution is -0.112. The van der Waals surface area contributed by atoms with Crippen LogP contribution in [-0.4, -0.2) is 11.7 Å². The summed E-state index contributed by atoms with van der Waals surface area (Å²) in [4.78, 5) is 23.0. The fourth-order valence-electron chi connectivity index (χ4n) is 1.76. The second-order valence-electron chi connectivity index (χ2n) is 4.61. The van der Waals surface area contributed by atoms with Gasteiger partial charge in [0.2, 0.25) is 0 Å². The largest absolute Gasteiger partial charge is 0.397 e. The third-order valence-corrected chi connectivity index (χ3v) is 2.89. The van der Waals surface area contributed by atoms with E-state index >= 15 is 0 Å². The van der Waals surface area contributed by atoms with E-state index in [4.69, 9.17) is 5.73 Å². The highest BCUT2D eigenvalue weighted by molar-refractivity contribution is 6.05. The molecule has 4 heteroatoms. The van der Waals surface area contributed by atoms with Crippen LogP contribution in [0.25, 0.3) is 6.08 Å². The van der Waals surface area contributed by atoms with Crippen LogP contribution in [0.3, 0.4) is 0 Å². The zero-order chi connectivity index (χ0) is 15.2. The summed E-state index contributed by atoms with van der Waals surface area (Å²) in [5.41, 5.74) is 8.28. The van der Waals surface area contributed by atoms with E-state index in [0.717, 1.165) is 5.56 Å². The van der Waals surface area contributed by atoms with Crippen molar-refractivity contribution in [2.75, 3.05) is 11.1 Å². The Morgan fingerprint density at radius 3 is 2.33 bits per heavy atom. The molecule has 0 saturated carbocycles. The Labute approximate surface area is 123 Å². The van der Waals surface area contributed by atoms with Gasteiger partial charge in [-0.15, -0.1) is 0 Å². The fraction of sp³-hybridized carbons (Fsp3) is 0.0588. The number of benzene rings is 2. The highest BCUT2D eigenvalue weighted by atomic mass is 16.1. The van der Waals surface area contributed by atoms with E-state index in [2.05, 4.69) is 5.32 Å². The van der Waals surface area contributed by atoms with E-state index in [1.54, 1.807) is 48.5 Å². The average Bonchev–Trinajstić information content (AvgIpc) is 2.48. The molecule has 2 aromatic carbocycles. The van der Waals surface area contributed by atoms with Crippen molar-refractivity contribution in [2.24, 2.45) is 0 Å². The number of hydrogen-bond donors (Lipinski definition) is 2. The zero-order valence-corrected chi connectivity index (χ0v) is 11.7. The summed E-state index contributed by atoms with van der Waals surface area (Å²) < 4.78 is 0. The van der Waals surface area contributed by atoms with Crippen LogP contribution in [0.2, 0.25) is 0 Å². The standard InChI is InChI=1S/C17H16N2O2/c1-12(20)6-7-13-8-10-14(11-9-13)17(21)19-16-5-3-2-4-15(16)18/h2-11H,18H2,1H3,(H,19,21). The summed E-state index contributed by atoms with van der Waals surface area (Å²) in [6, 6.07) is 14.1. The number of rotatable bonds is 4. The maximum absolute atomic E-state index is 12.1. The smallest absolute Gasteiger partial charge is 0.255 e. The number of allylic oxidation sites excluding steroid dienone is 1. The number of ketones is 1. The predicted molar refractivity (Wildman–Crippen MR) is 85.0 cm³/mol. The van der Waals surface area contributed by atoms with E-state index in [1.807, 2.05) is 6.07 Å². The molecule has 0 saturated heterocycles. The molecule has 0 heterocycles. The Kier molecular flexibility index (Phi) is 4.51. The van der Waals surface area contributed by atoms with E-state index in [1.165, 1.54) is 13.0 Å². The zero-order valence-electron chi connectivity index (χ0n) is 11.7. The average molecular weight is 280 g/mol. The van der Waals surface area contributed by atoms with Crippen molar-refractivity contribution in [3.63, 3.8) is 0 Å². The third kappa shape index (κ3) is 4.04. The number of anilines is 2. The summed E-state index contributed by atoms with van der Waals surface area (Å²) in [6.45, 7) is 1.49. The van der Waals surface area contributed by atoms with Gasteiger partial charge in [-0.05, 0) is 42.8 Å². The van der Waals surface area contributed by atoms with Gasteiger partial charge in [0, 0.05) is 5.56 Å². The van der Waals surface area contributed by atoms with Crippen LogP contribution in [0.4, 0.5) is 11.4 Å². The van der Waals surface area contributed by atoms with Gasteiger partial charge in [-0.1, -0.05) is 30.3 Å². The molecule has 0 spiro atoms. The number of hydrogen-bond acceptors (Lipinski definition) is 3. The van der Waals surface area contributed by atoms with Crippen LogP contribution in [-0.2, 0) is 4.79 Å². The van der Waals surface area contributed by atoms with Crippen molar-refractivity contribution in [3.8, 4) is 0 Å². The lowest BCUT2D eigenvalue weighted by Crippen LogP contribution is -2.12. The number of para-hydroxylation sites is 2. The number of nitrogens with one attached hydrogen (secondary N) is 1. The van der Waals surface area contributed by atoms with Gasteiger partial charge in [0.15, 0.2) is 5.78 Å². The van der Waals surface area contributed by atoms with Crippen LogP contribution in [0.15, 0.2) is 54.6 Å². The Balaban J connectivity index is 2.10. The molecule has 3 N–H and O–H groups in total. The molecule has 0 fully saturated rings. The summed E-state index contributed by atoms with van der Waals surface area (Å²) in [6.07, 6.45) is 3.19. The molecule has 0 aromatic heterocycles. The molecule has 0 radical (unpaired) electrons. The summed E-state index contributed by atoms with van der Waals surface area (Å²) in [7, 11) is 0. The van der Waals surface area contributed by atoms with Gasteiger partial charge in [0.05, 0.1) is 11.4 Å². The minimum absolute atomic E-state index is 0.0172. The van der Waals surface area contributed by atoms with Crippen LogP contribution >= 0.6 is 0 Å². The van der Waals surface area contributed by atoms with Gasteiger partial charge in [-0.3, -0.25) is 9.59 Å². The van der Waals surface area contributed by atoms with Crippen LogP contribution in [0.5, 0.6) is 0 Å². The van der Waals surface area contributed by atoms with Crippen molar-refractivity contribution < 1.29 is 9.59 Å². The summed E-state index contributed by atoms with van der Waals surface area (Å²) >= 11 is 0. The highest BCUT2D eigenvalue weighted by Gasteiger charge is 2.07. The van der Waals surface area contributed by atoms with Gasteiger partial charge in [0.1, 0.15) is 0 Å². The molecule has 2 aromatic rings. The number of carbonyl (C=O) groups excluding carboxylic acids is 2. The molecule has 0 aliphatic rings. The number of nitrogens with two attached hydrogens (primary N) is 1. The second-order valence-corrected chi connectivity index (χ2v) is 4.61. The van der Waals surface area contributed by atoms with Crippen molar-refractivity contribution in [2.45, 2.75) is 6.92 Å². The van der Waals surface area contributed by atoms with E-state index in [0.29, 0.717) is 16.9 Å². The highest BCUT2D eigenvalue weighted by Crippen LogP contribution is 2.18. The molecule has 0 aliphatic carbocycles. The number of carbonyl (C=O) groups is 2. The Bertz CT molecular complexity index is 688. The first-order valence-electron chi connectivity index (χ1n) is 6.51. The maximum atomic E-state index is 12.1. The molecule has 0 atom stereocenters. The molecular formula is C17H16N2O2. The van der Waals surface area contributed by atoms with Crippen molar-refractivity contribution in [3.05, 3.63) is 65.7 Å². The number of amides is 1. The minimum Gasteiger partial charge on any atom is -0.397 e. The predicted octanol–water partition coefficient (Wildman–Crippen LogP) is 3.12. The Hall–Kier alpha value is -2.88. The van der Waals surface area contributed by atoms with Crippen LogP contribution < -0.4 is 11.1 Å². The first-order valence-corrected chi connectivity index (χ1v) is 6.51. The first-order chi connectivity index (χ1) is 10.1. The fourth-order valence-corrected chi connectivity index (χ4v) is 1.76. The van der Waals surface area contributed by atoms with Gasteiger partial charge in [0.25, 0.3) is 5.91 Å². The van der Waals surface area contributed by atoms with E-state index in [-0.39, 0.29) is 11.7 Å². The van der Waals surface area contributed by atoms with Crippen LogP contribution in [0, 0.1) is 0 Å². The third-order valence-electron chi connectivity index (χ3n) is 2.89. The second kappa shape index (κ2) is 6.52. The lowest BCUT2D eigenvalue weighted by Gasteiger charge is -2.07. The molecule has 0 unspecified atom stereocenters. The van der Waals surface area contributed by atoms with Crippen molar-refractivity contribution >= 4 is 29.1 Å². The molecule has 4 nitrogen and oxygen atoms in total. The van der Waals surface area contributed by atoms with Gasteiger partial charge < -0.3 is 11.1 Å². The molecule has 1 amide bonds. The van der Waals surface area contributed by atoms with Gasteiger partial charge in [-0.25, -0.2) is 0 Å². The van der Waals surface area contributed by atoms with Crippen molar-refractivity contribution in [1.29, 1.82) is 0 Å².